The molecule has 0 amide bonds. The lowest BCUT2D eigenvalue weighted by Crippen LogP contribution is -1.97. The minimum atomic E-state index is 0.316. The van der Waals surface area contributed by atoms with Crippen LogP contribution in [0.4, 0.5) is 0 Å². The highest BCUT2D eigenvalue weighted by Crippen LogP contribution is 2.28. The molecule has 0 saturated carbocycles. The fraction of sp³-hybridized carbons (Fsp3) is 0.333. The second kappa shape index (κ2) is 3.89. The minimum absolute atomic E-state index is 0.316. The SMILES string of the molecule is CCc1ccsc1-c1nc(CN)no1. The van der Waals surface area contributed by atoms with Crippen LogP contribution in [0.2, 0.25) is 0 Å². The molecular formula is C9H11N3OS. The second-order valence-corrected chi connectivity index (χ2v) is 3.76. The molecule has 2 heterocycles. The van der Waals surface area contributed by atoms with E-state index < -0.39 is 0 Å². The summed E-state index contributed by atoms with van der Waals surface area (Å²) in [4.78, 5) is 5.24. The van der Waals surface area contributed by atoms with Gasteiger partial charge in [-0.15, -0.1) is 11.3 Å². The van der Waals surface area contributed by atoms with Crippen LogP contribution in [-0.4, -0.2) is 10.1 Å². The van der Waals surface area contributed by atoms with E-state index >= 15 is 0 Å². The molecular weight excluding hydrogens is 198 g/mol. The number of nitrogens with two attached hydrogens (primary N) is 1. The van der Waals surface area contributed by atoms with Gasteiger partial charge in [-0.05, 0) is 23.4 Å². The van der Waals surface area contributed by atoms with E-state index in [1.807, 2.05) is 5.38 Å². The van der Waals surface area contributed by atoms with Crippen LogP contribution in [0.15, 0.2) is 16.0 Å². The Hall–Kier alpha value is -1.20. The fourth-order valence-electron chi connectivity index (χ4n) is 1.23. The lowest BCUT2D eigenvalue weighted by molar-refractivity contribution is 0.423. The molecule has 74 valence electrons. The molecule has 0 bridgehead atoms. The monoisotopic (exact) mass is 209 g/mol. The molecule has 2 rings (SSSR count). The van der Waals surface area contributed by atoms with Crippen molar-refractivity contribution < 1.29 is 4.52 Å². The molecule has 0 radical (unpaired) electrons. The van der Waals surface area contributed by atoms with Crippen LogP contribution in [0.5, 0.6) is 0 Å². The van der Waals surface area contributed by atoms with Crippen molar-refractivity contribution in [1.82, 2.24) is 10.1 Å². The molecule has 14 heavy (non-hydrogen) atoms. The first-order valence-corrected chi connectivity index (χ1v) is 5.32. The fourth-order valence-corrected chi connectivity index (χ4v) is 2.15. The van der Waals surface area contributed by atoms with E-state index in [2.05, 4.69) is 23.1 Å². The summed E-state index contributed by atoms with van der Waals surface area (Å²) in [6.45, 7) is 2.42. The highest BCUT2D eigenvalue weighted by Gasteiger charge is 2.12. The molecule has 2 aromatic rings. The lowest BCUT2D eigenvalue weighted by Gasteiger charge is -1.92. The molecule has 0 aliphatic carbocycles. The van der Waals surface area contributed by atoms with Crippen molar-refractivity contribution in [2.75, 3.05) is 0 Å². The molecule has 2 N–H and O–H groups in total. The topological polar surface area (TPSA) is 64.9 Å². The van der Waals surface area contributed by atoms with Crippen LogP contribution in [0.3, 0.4) is 0 Å². The standard InChI is InChI=1S/C9H11N3OS/c1-2-6-3-4-14-8(6)9-11-7(5-10)12-13-9/h3-4H,2,5,10H2,1H3. The number of hydrogen-bond donors (Lipinski definition) is 1. The summed E-state index contributed by atoms with van der Waals surface area (Å²) in [6.07, 6.45) is 0.971. The first-order valence-electron chi connectivity index (χ1n) is 4.44. The molecule has 0 saturated heterocycles. The normalized spacial score (nSPS) is 10.7. The zero-order valence-electron chi connectivity index (χ0n) is 7.86. The number of nitrogens with zero attached hydrogens (tertiary/aromatic N) is 2. The molecule has 5 heteroatoms. The zero-order chi connectivity index (χ0) is 9.97. The molecule has 0 aliphatic rings. The van der Waals surface area contributed by atoms with Crippen molar-refractivity contribution in [2.24, 2.45) is 5.73 Å². The average molecular weight is 209 g/mol. The van der Waals surface area contributed by atoms with Gasteiger partial charge in [-0.25, -0.2) is 0 Å². The van der Waals surface area contributed by atoms with Gasteiger partial charge in [0.05, 0.1) is 11.4 Å². The average Bonchev–Trinajstić information content (AvgIpc) is 2.85. The Kier molecular flexibility index (Phi) is 2.60. The molecule has 0 unspecified atom stereocenters. The second-order valence-electron chi connectivity index (χ2n) is 2.85. The van der Waals surface area contributed by atoms with E-state index in [1.165, 1.54) is 5.56 Å². The molecule has 2 aromatic heterocycles. The molecule has 0 fully saturated rings. The maximum Gasteiger partial charge on any atom is 0.268 e. The molecule has 0 aliphatic heterocycles. The summed E-state index contributed by atoms with van der Waals surface area (Å²) in [6, 6.07) is 2.08. The number of thiophene rings is 1. The van der Waals surface area contributed by atoms with E-state index in [-0.39, 0.29) is 0 Å². The summed E-state index contributed by atoms with van der Waals surface area (Å²) in [5.41, 5.74) is 6.64. The number of hydrogen-bond acceptors (Lipinski definition) is 5. The van der Waals surface area contributed by atoms with E-state index in [0.717, 1.165) is 11.3 Å². The first kappa shape index (κ1) is 9.36. The van der Waals surface area contributed by atoms with Crippen LogP contribution < -0.4 is 5.73 Å². The minimum Gasteiger partial charge on any atom is -0.333 e. The van der Waals surface area contributed by atoms with Crippen molar-refractivity contribution in [3.8, 4) is 10.8 Å². The zero-order valence-corrected chi connectivity index (χ0v) is 8.67. The lowest BCUT2D eigenvalue weighted by atomic mass is 10.2. The Bertz CT molecular complexity index is 421. The van der Waals surface area contributed by atoms with Crippen LogP contribution in [-0.2, 0) is 13.0 Å². The number of aromatic nitrogens is 2. The van der Waals surface area contributed by atoms with Gasteiger partial charge in [0.15, 0.2) is 5.82 Å². The van der Waals surface area contributed by atoms with Gasteiger partial charge in [-0.1, -0.05) is 12.1 Å². The largest absolute Gasteiger partial charge is 0.333 e. The van der Waals surface area contributed by atoms with Crippen LogP contribution in [0.25, 0.3) is 10.8 Å². The van der Waals surface area contributed by atoms with Crippen molar-refractivity contribution >= 4 is 11.3 Å². The predicted octanol–water partition coefficient (Wildman–Crippen LogP) is 1.82. The van der Waals surface area contributed by atoms with Gasteiger partial charge >= 0.3 is 0 Å². The Morgan fingerprint density at radius 1 is 1.57 bits per heavy atom. The van der Waals surface area contributed by atoms with Gasteiger partial charge in [-0.3, -0.25) is 0 Å². The summed E-state index contributed by atoms with van der Waals surface area (Å²) in [7, 11) is 0. The van der Waals surface area contributed by atoms with Gasteiger partial charge < -0.3 is 10.3 Å². The summed E-state index contributed by atoms with van der Waals surface area (Å²) in [5.74, 6) is 1.13. The Morgan fingerprint density at radius 2 is 2.43 bits per heavy atom. The van der Waals surface area contributed by atoms with E-state index in [1.54, 1.807) is 11.3 Å². The Labute approximate surface area is 85.7 Å². The van der Waals surface area contributed by atoms with Crippen molar-refractivity contribution in [3.05, 3.63) is 22.8 Å². The van der Waals surface area contributed by atoms with E-state index in [0.29, 0.717) is 18.3 Å². The van der Waals surface area contributed by atoms with Crippen molar-refractivity contribution in [3.63, 3.8) is 0 Å². The molecule has 0 aromatic carbocycles. The molecule has 4 nitrogen and oxygen atoms in total. The Morgan fingerprint density at radius 3 is 3.07 bits per heavy atom. The van der Waals surface area contributed by atoms with Gasteiger partial charge in [0.1, 0.15) is 0 Å². The van der Waals surface area contributed by atoms with E-state index in [9.17, 15) is 0 Å². The summed E-state index contributed by atoms with van der Waals surface area (Å²) in [5, 5.41) is 5.79. The van der Waals surface area contributed by atoms with E-state index in [4.69, 9.17) is 10.3 Å². The van der Waals surface area contributed by atoms with Crippen molar-refractivity contribution in [2.45, 2.75) is 19.9 Å². The van der Waals surface area contributed by atoms with Gasteiger partial charge in [-0.2, -0.15) is 4.98 Å². The van der Waals surface area contributed by atoms with Gasteiger partial charge in [0.2, 0.25) is 0 Å². The summed E-state index contributed by atoms with van der Waals surface area (Å²) >= 11 is 1.61. The third-order valence-electron chi connectivity index (χ3n) is 1.97. The highest BCUT2D eigenvalue weighted by atomic mass is 32.1. The number of aryl methyl sites for hydroxylation is 1. The first-order chi connectivity index (χ1) is 6.85. The maximum atomic E-state index is 5.41. The maximum absolute atomic E-state index is 5.41. The summed E-state index contributed by atoms with van der Waals surface area (Å²) < 4.78 is 5.11. The van der Waals surface area contributed by atoms with Gasteiger partial charge in [0, 0.05) is 0 Å². The third-order valence-corrected chi connectivity index (χ3v) is 2.92. The molecule has 0 atom stereocenters. The quantitative estimate of drug-likeness (QED) is 0.837. The highest BCUT2D eigenvalue weighted by molar-refractivity contribution is 7.13. The third kappa shape index (κ3) is 1.56. The van der Waals surface area contributed by atoms with Crippen LogP contribution >= 0.6 is 11.3 Å². The van der Waals surface area contributed by atoms with Crippen molar-refractivity contribution in [1.29, 1.82) is 0 Å². The Balaban J connectivity index is 2.38. The number of rotatable bonds is 3. The van der Waals surface area contributed by atoms with Crippen LogP contribution in [0.1, 0.15) is 18.3 Å². The predicted molar refractivity (Wildman–Crippen MR) is 54.9 cm³/mol. The smallest absolute Gasteiger partial charge is 0.268 e. The van der Waals surface area contributed by atoms with Crippen LogP contribution in [0, 0.1) is 0 Å². The molecule has 0 spiro atoms. The van der Waals surface area contributed by atoms with Gasteiger partial charge in [0.25, 0.3) is 5.89 Å².